The van der Waals surface area contributed by atoms with Gasteiger partial charge in [0.25, 0.3) is 0 Å². The highest BCUT2D eigenvalue weighted by Crippen LogP contribution is 2.37. The van der Waals surface area contributed by atoms with Gasteiger partial charge in [0, 0.05) is 70.1 Å². The molecule has 0 N–H and O–H groups in total. The van der Waals surface area contributed by atoms with Gasteiger partial charge in [0.05, 0.1) is 11.9 Å². The van der Waals surface area contributed by atoms with Crippen molar-refractivity contribution in [2.24, 2.45) is 7.05 Å². The van der Waals surface area contributed by atoms with Crippen molar-refractivity contribution < 1.29 is 4.74 Å². The van der Waals surface area contributed by atoms with Gasteiger partial charge in [-0.25, -0.2) is 9.97 Å². The summed E-state index contributed by atoms with van der Waals surface area (Å²) in [5, 5.41) is 4.36. The lowest BCUT2D eigenvalue weighted by atomic mass is 9.97. The Morgan fingerprint density at radius 3 is 2.81 bits per heavy atom. The van der Waals surface area contributed by atoms with E-state index in [-0.39, 0.29) is 5.60 Å². The quantitative estimate of drug-likeness (QED) is 0.613. The van der Waals surface area contributed by atoms with Crippen LogP contribution in [0.2, 0.25) is 0 Å². The van der Waals surface area contributed by atoms with Gasteiger partial charge in [-0.05, 0) is 44.0 Å². The SMILES string of the molecule is CN(C)c1ncc(-c2cnn(C)c2)c(C2CCN(Cc3ccc4c(c3)CC(C)(C)O4)C2)n1. The van der Waals surface area contributed by atoms with E-state index in [1.54, 1.807) is 0 Å². The highest BCUT2D eigenvalue weighted by Gasteiger charge is 2.31. The van der Waals surface area contributed by atoms with Crippen LogP contribution in [0.5, 0.6) is 5.75 Å². The molecule has 0 amide bonds. The fourth-order valence-corrected chi connectivity index (χ4v) is 4.91. The van der Waals surface area contributed by atoms with E-state index >= 15 is 0 Å². The zero-order valence-corrected chi connectivity index (χ0v) is 19.7. The van der Waals surface area contributed by atoms with Crippen molar-refractivity contribution in [3.63, 3.8) is 0 Å². The molecule has 4 heterocycles. The highest BCUT2D eigenvalue weighted by atomic mass is 16.5. The number of aromatic nitrogens is 4. The lowest BCUT2D eigenvalue weighted by Gasteiger charge is -2.19. The first kappa shape index (κ1) is 20.9. The smallest absolute Gasteiger partial charge is 0.225 e. The molecule has 7 nitrogen and oxygen atoms in total. The molecule has 0 bridgehead atoms. The summed E-state index contributed by atoms with van der Waals surface area (Å²) in [5.74, 6) is 2.17. The largest absolute Gasteiger partial charge is 0.487 e. The predicted molar refractivity (Wildman–Crippen MR) is 126 cm³/mol. The molecule has 1 aromatic carbocycles. The summed E-state index contributed by atoms with van der Waals surface area (Å²) in [4.78, 5) is 14.1. The van der Waals surface area contributed by atoms with Gasteiger partial charge in [-0.15, -0.1) is 0 Å². The van der Waals surface area contributed by atoms with Crippen LogP contribution in [0.25, 0.3) is 11.1 Å². The van der Waals surface area contributed by atoms with E-state index in [1.165, 1.54) is 11.1 Å². The average Bonchev–Trinajstić information content (AvgIpc) is 3.45. The second-order valence-corrected chi connectivity index (χ2v) is 9.97. The van der Waals surface area contributed by atoms with Crippen LogP contribution in [0.3, 0.4) is 0 Å². The molecule has 2 aromatic heterocycles. The van der Waals surface area contributed by atoms with Crippen LogP contribution in [0.15, 0.2) is 36.8 Å². The van der Waals surface area contributed by atoms with Crippen molar-refractivity contribution in [3.05, 3.63) is 53.6 Å². The molecule has 0 saturated carbocycles. The van der Waals surface area contributed by atoms with Crippen molar-refractivity contribution >= 4 is 5.95 Å². The molecular formula is C25H32N6O. The van der Waals surface area contributed by atoms with Crippen LogP contribution >= 0.6 is 0 Å². The third kappa shape index (κ3) is 4.09. The van der Waals surface area contributed by atoms with Crippen LogP contribution in [-0.2, 0) is 20.0 Å². The van der Waals surface area contributed by atoms with Gasteiger partial charge in [-0.2, -0.15) is 5.10 Å². The fraction of sp³-hybridized carbons (Fsp3) is 0.480. The summed E-state index contributed by atoms with van der Waals surface area (Å²) in [5.41, 5.74) is 5.88. The number of rotatable bonds is 5. The van der Waals surface area contributed by atoms with Crippen LogP contribution in [-0.4, -0.2) is 57.4 Å². The van der Waals surface area contributed by atoms with Gasteiger partial charge in [0.2, 0.25) is 5.95 Å². The second kappa shape index (κ2) is 7.89. The van der Waals surface area contributed by atoms with Gasteiger partial charge < -0.3 is 9.64 Å². The number of anilines is 1. The summed E-state index contributed by atoms with van der Waals surface area (Å²) in [7, 11) is 5.92. The minimum absolute atomic E-state index is 0.0977. The maximum absolute atomic E-state index is 6.04. The summed E-state index contributed by atoms with van der Waals surface area (Å²) < 4.78 is 7.88. The number of fused-ring (bicyclic) bond motifs is 1. The minimum atomic E-state index is -0.0977. The molecule has 1 fully saturated rings. The standard InChI is InChI=1S/C25H32N6O/c1-25(2)11-19-10-17(6-7-22(19)32-25)14-31-9-8-18(16-31)23-21(20-12-27-30(5)15-20)13-26-24(28-23)29(3)4/h6-7,10,12-13,15,18H,8-9,11,14,16H2,1-5H3. The van der Waals surface area contributed by atoms with Crippen LogP contribution in [0.1, 0.15) is 43.0 Å². The number of aryl methyl sites for hydroxylation is 1. The fourth-order valence-electron chi connectivity index (χ4n) is 4.91. The zero-order valence-electron chi connectivity index (χ0n) is 19.7. The lowest BCUT2D eigenvalue weighted by molar-refractivity contribution is 0.138. The third-order valence-corrected chi connectivity index (χ3v) is 6.41. The number of nitrogens with zero attached hydrogens (tertiary/aromatic N) is 6. The average molecular weight is 433 g/mol. The first-order valence-electron chi connectivity index (χ1n) is 11.3. The van der Waals surface area contributed by atoms with Gasteiger partial charge in [-0.3, -0.25) is 9.58 Å². The molecule has 0 aliphatic carbocycles. The Bertz CT molecular complexity index is 1140. The molecular weight excluding hydrogens is 400 g/mol. The van der Waals surface area contributed by atoms with Crippen LogP contribution in [0.4, 0.5) is 5.95 Å². The van der Waals surface area contributed by atoms with Gasteiger partial charge in [-0.1, -0.05) is 12.1 Å². The summed E-state index contributed by atoms with van der Waals surface area (Å²) >= 11 is 0. The Morgan fingerprint density at radius 1 is 1.22 bits per heavy atom. The Balaban J connectivity index is 1.36. The number of benzene rings is 1. The van der Waals surface area contributed by atoms with E-state index in [4.69, 9.17) is 9.72 Å². The predicted octanol–water partition coefficient (Wildman–Crippen LogP) is 3.65. The molecule has 3 aromatic rings. The van der Waals surface area contributed by atoms with Crippen LogP contribution in [0, 0.1) is 0 Å². The normalized spacial score (nSPS) is 19.7. The summed E-state index contributed by atoms with van der Waals surface area (Å²) in [6, 6.07) is 6.68. The van der Waals surface area contributed by atoms with Gasteiger partial charge in [0.15, 0.2) is 0 Å². The van der Waals surface area contributed by atoms with E-state index in [0.29, 0.717) is 5.92 Å². The van der Waals surface area contributed by atoms with Crippen LogP contribution < -0.4 is 9.64 Å². The maximum atomic E-state index is 6.04. The Hall–Kier alpha value is -2.93. The molecule has 1 unspecified atom stereocenters. The van der Waals surface area contributed by atoms with Crippen molar-refractivity contribution in [1.82, 2.24) is 24.6 Å². The summed E-state index contributed by atoms with van der Waals surface area (Å²) in [6.45, 7) is 7.33. The van der Waals surface area contributed by atoms with E-state index in [1.807, 2.05) is 49.3 Å². The van der Waals surface area contributed by atoms with Gasteiger partial charge in [0.1, 0.15) is 11.4 Å². The molecule has 2 aliphatic heterocycles. The minimum Gasteiger partial charge on any atom is -0.487 e. The molecule has 1 atom stereocenters. The Labute approximate surface area is 190 Å². The maximum Gasteiger partial charge on any atom is 0.225 e. The third-order valence-electron chi connectivity index (χ3n) is 6.41. The molecule has 5 rings (SSSR count). The molecule has 168 valence electrons. The zero-order chi connectivity index (χ0) is 22.5. The molecule has 2 aliphatic rings. The monoisotopic (exact) mass is 432 g/mol. The van der Waals surface area contributed by atoms with Gasteiger partial charge >= 0.3 is 0 Å². The molecule has 0 spiro atoms. The Morgan fingerprint density at radius 2 is 2.06 bits per heavy atom. The van der Waals surface area contributed by atoms with E-state index in [9.17, 15) is 0 Å². The van der Waals surface area contributed by atoms with Crippen molar-refractivity contribution in [1.29, 1.82) is 0 Å². The topological polar surface area (TPSA) is 59.3 Å². The van der Waals surface area contributed by atoms with Crippen molar-refractivity contribution in [2.45, 2.75) is 44.8 Å². The molecule has 7 heteroatoms. The van der Waals surface area contributed by atoms with E-state index < -0.39 is 0 Å². The molecule has 1 saturated heterocycles. The lowest BCUT2D eigenvalue weighted by Crippen LogP contribution is -2.24. The highest BCUT2D eigenvalue weighted by molar-refractivity contribution is 5.65. The first-order valence-corrected chi connectivity index (χ1v) is 11.3. The van der Waals surface area contributed by atoms with Crippen molar-refractivity contribution in [2.75, 3.05) is 32.1 Å². The second-order valence-electron chi connectivity index (χ2n) is 9.97. The van der Waals surface area contributed by atoms with Crippen molar-refractivity contribution in [3.8, 4) is 16.9 Å². The first-order chi connectivity index (χ1) is 15.3. The Kier molecular flexibility index (Phi) is 5.16. The van der Waals surface area contributed by atoms with E-state index in [0.717, 1.165) is 61.0 Å². The number of ether oxygens (including phenoxy) is 1. The molecule has 32 heavy (non-hydrogen) atoms. The number of hydrogen-bond donors (Lipinski definition) is 0. The molecule has 0 radical (unpaired) electrons. The summed E-state index contributed by atoms with van der Waals surface area (Å²) in [6.07, 6.45) is 7.97. The number of hydrogen-bond acceptors (Lipinski definition) is 6. The number of likely N-dealkylation sites (tertiary alicyclic amines) is 1. The van der Waals surface area contributed by atoms with E-state index in [2.05, 4.69) is 47.0 Å².